The lowest BCUT2D eigenvalue weighted by molar-refractivity contribution is -0.138. The maximum absolute atomic E-state index is 11.2. The molecule has 4 nitrogen and oxygen atoms in total. The minimum atomic E-state index is -0.742. The second kappa shape index (κ2) is 7.99. The Morgan fingerprint density at radius 2 is 2.27 bits per heavy atom. The molecule has 0 bridgehead atoms. The van der Waals surface area contributed by atoms with Gasteiger partial charge in [0.25, 0.3) is 0 Å². The van der Waals surface area contributed by atoms with Gasteiger partial charge < -0.3 is 15.3 Å². The van der Waals surface area contributed by atoms with Gasteiger partial charge in [-0.2, -0.15) is 0 Å². The first-order chi connectivity index (χ1) is 10.6. The van der Waals surface area contributed by atoms with Crippen LogP contribution in [0.1, 0.15) is 36.3 Å². The number of nitrogens with one attached hydrogen (secondary N) is 1. The van der Waals surface area contributed by atoms with Crippen LogP contribution >= 0.6 is 0 Å². The molecule has 1 aromatic carbocycles. The average molecular weight is 302 g/mol. The highest BCUT2D eigenvalue weighted by molar-refractivity contribution is 5.82. The SMILES string of the molecule is C=CCN(C)CCCCCc1ccc2c(c1)C(C(=O)O)CN2. The van der Waals surface area contributed by atoms with Crippen molar-refractivity contribution in [2.75, 3.05) is 32.0 Å². The van der Waals surface area contributed by atoms with Crippen molar-refractivity contribution in [3.05, 3.63) is 42.0 Å². The van der Waals surface area contributed by atoms with E-state index in [0.717, 1.165) is 37.2 Å². The van der Waals surface area contributed by atoms with E-state index in [9.17, 15) is 9.90 Å². The maximum Gasteiger partial charge on any atom is 0.312 e. The molecule has 0 saturated carbocycles. The molecule has 4 heteroatoms. The Labute approximate surface area is 132 Å². The van der Waals surface area contributed by atoms with Crippen molar-refractivity contribution in [2.45, 2.75) is 31.6 Å². The van der Waals surface area contributed by atoms with Crippen molar-refractivity contribution in [2.24, 2.45) is 0 Å². The van der Waals surface area contributed by atoms with Crippen LogP contribution < -0.4 is 5.32 Å². The zero-order chi connectivity index (χ0) is 15.9. The van der Waals surface area contributed by atoms with E-state index >= 15 is 0 Å². The predicted molar refractivity (Wildman–Crippen MR) is 90.6 cm³/mol. The zero-order valence-electron chi connectivity index (χ0n) is 13.3. The number of nitrogens with zero attached hydrogens (tertiary/aromatic N) is 1. The van der Waals surface area contributed by atoms with E-state index in [-0.39, 0.29) is 0 Å². The van der Waals surface area contributed by atoms with Crippen LogP contribution in [0.4, 0.5) is 5.69 Å². The number of aryl methyl sites for hydroxylation is 1. The number of anilines is 1. The molecule has 1 aliphatic heterocycles. The molecule has 0 aromatic heterocycles. The standard InChI is InChI=1S/C18H26N2O2/c1-3-10-20(2)11-6-4-5-7-14-8-9-17-15(12-14)16(13-19-17)18(21)22/h3,8-9,12,16,19H,1,4-7,10-11,13H2,2H3,(H,21,22). The van der Waals surface area contributed by atoms with Crippen LogP contribution in [0.15, 0.2) is 30.9 Å². The third-order valence-electron chi connectivity index (χ3n) is 4.23. The Kier molecular flexibility index (Phi) is 6.01. The quantitative estimate of drug-likeness (QED) is 0.543. The second-order valence-electron chi connectivity index (χ2n) is 6.05. The molecule has 1 unspecified atom stereocenters. The fourth-order valence-corrected chi connectivity index (χ4v) is 2.96. The molecule has 0 radical (unpaired) electrons. The summed E-state index contributed by atoms with van der Waals surface area (Å²) in [6, 6.07) is 6.20. The van der Waals surface area contributed by atoms with Gasteiger partial charge in [-0.05, 0) is 50.0 Å². The lowest BCUT2D eigenvalue weighted by atomic mass is 9.97. The van der Waals surface area contributed by atoms with Gasteiger partial charge in [0.2, 0.25) is 0 Å². The third-order valence-corrected chi connectivity index (χ3v) is 4.23. The second-order valence-corrected chi connectivity index (χ2v) is 6.05. The molecule has 2 rings (SSSR count). The van der Waals surface area contributed by atoms with E-state index in [1.54, 1.807) is 0 Å². The summed E-state index contributed by atoms with van der Waals surface area (Å²) in [6.45, 7) is 6.28. The van der Waals surface area contributed by atoms with Gasteiger partial charge in [0.05, 0.1) is 0 Å². The Morgan fingerprint density at radius 1 is 1.45 bits per heavy atom. The summed E-state index contributed by atoms with van der Waals surface area (Å²) in [7, 11) is 2.11. The topological polar surface area (TPSA) is 52.6 Å². The van der Waals surface area contributed by atoms with Gasteiger partial charge in [0, 0.05) is 18.8 Å². The third kappa shape index (κ3) is 4.34. The number of carboxylic acids is 1. The van der Waals surface area contributed by atoms with Gasteiger partial charge >= 0.3 is 5.97 Å². The molecule has 1 heterocycles. The molecule has 1 aliphatic rings. The largest absolute Gasteiger partial charge is 0.481 e. The van der Waals surface area contributed by atoms with Gasteiger partial charge in [-0.1, -0.05) is 24.6 Å². The number of rotatable bonds is 9. The van der Waals surface area contributed by atoms with Crippen molar-refractivity contribution in [3.63, 3.8) is 0 Å². The zero-order valence-corrected chi connectivity index (χ0v) is 13.3. The van der Waals surface area contributed by atoms with E-state index in [1.165, 1.54) is 18.4 Å². The summed E-state index contributed by atoms with van der Waals surface area (Å²) >= 11 is 0. The number of hydrogen-bond donors (Lipinski definition) is 2. The Balaban J connectivity index is 1.79. The lowest BCUT2D eigenvalue weighted by Gasteiger charge is -2.13. The Hall–Kier alpha value is -1.81. The normalized spacial score (nSPS) is 16.4. The Bertz CT molecular complexity index is 528. The Morgan fingerprint density at radius 3 is 3.00 bits per heavy atom. The maximum atomic E-state index is 11.2. The van der Waals surface area contributed by atoms with E-state index in [4.69, 9.17) is 0 Å². The van der Waals surface area contributed by atoms with E-state index in [2.05, 4.69) is 36.0 Å². The number of aliphatic carboxylic acids is 1. The van der Waals surface area contributed by atoms with Crippen LogP contribution in [0.2, 0.25) is 0 Å². The van der Waals surface area contributed by atoms with Crippen LogP contribution in [0, 0.1) is 0 Å². The van der Waals surface area contributed by atoms with Crippen molar-refractivity contribution < 1.29 is 9.90 Å². The highest BCUT2D eigenvalue weighted by Crippen LogP contribution is 2.32. The monoisotopic (exact) mass is 302 g/mol. The van der Waals surface area contributed by atoms with Crippen molar-refractivity contribution in [1.82, 2.24) is 4.90 Å². The number of carboxylic acid groups (broad SMARTS) is 1. The molecule has 1 aromatic rings. The molecule has 0 spiro atoms. The van der Waals surface area contributed by atoms with Crippen LogP contribution in [-0.2, 0) is 11.2 Å². The van der Waals surface area contributed by atoms with Crippen molar-refractivity contribution in [3.8, 4) is 0 Å². The predicted octanol–water partition coefficient (Wildman–Crippen LogP) is 3.11. The van der Waals surface area contributed by atoms with Gasteiger partial charge in [-0.3, -0.25) is 4.79 Å². The highest BCUT2D eigenvalue weighted by Gasteiger charge is 2.28. The van der Waals surface area contributed by atoms with Crippen molar-refractivity contribution >= 4 is 11.7 Å². The van der Waals surface area contributed by atoms with Crippen LogP contribution in [0.3, 0.4) is 0 Å². The average Bonchev–Trinajstić information content (AvgIpc) is 2.90. The molecular weight excluding hydrogens is 276 g/mol. The van der Waals surface area contributed by atoms with Gasteiger partial charge in [-0.15, -0.1) is 6.58 Å². The summed E-state index contributed by atoms with van der Waals surface area (Å²) in [6.07, 6.45) is 6.47. The lowest BCUT2D eigenvalue weighted by Crippen LogP contribution is -2.19. The first-order valence-corrected chi connectivity index (χ1v) is 8.00. The van der Waals surface area contributed by atoms with Gasteiger partial charge in [0.1, 0.15) is 5.92 Å². The summed E-state index contributed by atoms with van der Waals surface area (Å²) in [5, 5.41) is 12.4. The number of benzene rings is 1. The van der Waals surface area contributed by atoms with Crippen LogP contribution in [0.5, 0.6) is 0 Å². The summed E-state index contributed by atoms with van der Waals surface area (Å²) in [5.41, 5.74) is 3.16. The fourth-order valence-electron chi connectivity index (χ4n) is 2.96. The van der Waals surface area contributed by atoms with Gasteiger partial charge in [0.15, 0.2) is 0 Å². The van der Waals surface area contributed by atoms with Crippen molar-refractivity contribution in [1.29, 1.82) is 0 Å². The minimum Gasteiger partial charge on any atom is -0.481 e. The molecule has 1 atom stereocenters. The van der Waals surface area contributed by atoms with Crippen LogP contribution in [-0.4, -0.2) is 42.7 Å². The van der Waals surface area contributed by atoms with Crippen LogP contribution in [0.25, 0.3) is 0 Å². The summed E-state index contributed by atoms with van der Waals surface area (Å²) in [5.74, 6) is -1.14. The highest BCUT2D eigenvalue weighted by atomic mass is 16.4. The molecule has 2 N–H and O–H groups in total. The number of likely N-dealkylation sites (N-methyl/N-ethyl adjacent to an activating group) is 1. The molecule has 0 amide bonds. The minimum absolute atomic E-state index is 0.400. The molecule has 0 saturated heterocycles. The van der Waals surface area contributed by atoms with E-state index in [0.29, 0.717) is 6.54 Å². The molecule has 0 aliphatic carbocycles. The first kappa shape index (κ1) is 16.6. The summed E-state index contributed by atoms with van der Waals surface area (Å²) in [4.78, 5) is 13.5. The first-order valence-electron chi connectivity index (χ1n) is 8.00. The molecule has 22 heavy (non-hydrogen) atoms. The molecular formula is C18H26N2O2. The van der Waals surface area contributed by atoms with E-state index < -0.39 is 11.9 Å². The molecule has 0 fully saturated rings. The van der Waals surface area contributed by atoms with Gasteiger partial charge in [-0.25, -0.2) is 0 Å². The van der Waals surface area contributed by atoms with E-state index in [1.807, 2.05) is 12.1 Å². The number of carbonyl (C=O) groups is 1. The number of fused-ring (bicyclic) bond motifs is 1. The smallest absolute Gasteiger partial charge is 0.312 e. The fraction of sp³-hybridized carbons (Fsp3) is 0.500. The number of hydrogen-bond acceptors (Lipinski definition) is 3. The summed E-state index contributed by atoms with van der Waals surface area (Å²) < 4.78 is 0. The molecule has 120 valence electrons. The number of unbranched alkanes of at least 4 members (excludes halogenated alkanes) is 2.